The molecule has 3 N–H and O–H groups in total. The molecule has 1 aromatic carbocycles. The second kappa shape index (κ2) is 9.07. The van der Waals surface area contributed by atoms with E-state index in [9.17, 15) is 24.9 Å². The molecular formula is C19H25N3O5. The summed E-state index contributed by atoms with van der Waals surface area (Å²) in [5, 5.41) is 28.8. The Hall–Kier alpha value is -3.03. The molecule has 0 spiro atoms. The molecule has 1 aromatic heterocycles. The van der Waals surface area contributed by atoms with Gasteiger partial charge in [0.1, 0.15) is 11.8 Å². The summed E-state index contributed by atoms with van der Waals surface area (Å²) in [6, 6.07) is 5.87. The molecule has 2 rings (SSSR count). The van der Waals surface area contributed by atoms with E-state index in [0.717, 1.165) is 16.2 Å². The van der Waals surface area contributed by atoms with Gasteiger partial charge in [-0.1, -0.05) is 32.0 Å². The number of carbonyl (C=O) groups is 2. The number of phenolic OH excluding ortho intramolecular Hbond substituents is 1. The highest BCUT2D eigenvalue weighted by atomic mass is 16.4. The van der Waals surface area contributed by atoms with Crippen molar-refractivity contribution in [2.24, 2.45) is 5.92 Å². The molecule has 8 heteroatoms. The highest BCUT2D eigenvalue weighted by molar-refractivity contribution is 5.79. The highest BCUT2D eigenvalue weighted by Gasteiger charge is 2.30. The van der Waals surface area contributed by atoms with Gasteiger partial charge in [0.25, 0.3) is 0 Å². The molecule has 1 unspecified atom stereocenters. The number of phenols is 1. The SMILES string of the molecule is CC(C)CC(C(=O)O)N(CCc1cncn1Cc1ccccc1O)C(=O)O. The molecule has 0 bridgehead atoms. The predicted octanol–water partition coefficient (Wildman–Crippen LogP) is 2.66. The zero-order valence-electron chi connectivity index (χ0n) is 15.4. The first-order valence-corrected chi connectivity index (χ1v) is 8.77. The Kier molecular flexibility index (Phi) is 6.81. The van der Waals surface area contributed by atoms with Crippen LogP contribution in [0.2, 0.25) is 0 Å². The molecule has 1 atom stereocenters. The first-order chi connectivity index (χ1) is 12.8. The summed E-state index contributed by atoms with van der Waals surface area (Å²) >= 11 is 0. The van der Waals surface area contributed by atoms with E-state index >= 15 is 0 Å². The molecule has 2 aromatic rings. The molecular weight excluding hydrogens is 350 g/mol. The van der Waals surface area contributed by atoms with E-state index in [0.29, 0.717) is 13.0 Å². The molecule has 27 heavy (non-hydrogen) atoms. The van der Waals surface area contributed by atoms with Crippen molar-refractivity contribution in [3.63, 3.8) is 0 Å². The van der Waals surface area contributed by atoms with Gasteiger partial charge in [0, 0.05) is 30.4 Å². The van der Waals surface area contributed by atoms with Crippen LogP contribution in [-0.2, 0) is 17.8 Å². The zero-order valence-corrected chi connectivity index (χ0v) is 15.4. The largest absolute Gasteiger partial charge is 0.508 e. The number of hydrogen-bond acceptors (Lipinski definition) is 4. The van der Waals surface area contributed by atoms with Crippen molar-refractivity contribution in [2.75, 3.05) is 6.54 Å². The van der Waals surface area contributed by atoms with Crippen molar-refractivity contribution in [3.05, 3.63) is 48.0 Å². The number of aliphatic carboxylic acids is 1. The minimum Gasteiger partial charge on any atom is -0.508 e. The quantitative estimate of drug-likeness (QED) is 0.620. The van der Waals surface area contributed by atoms with E-state index in [1.54, 1.807) is 30.7 Å². The van der Waals surface area contributed by atoms with Crippen molar-refractivity contribution in [1.29, 1.82) is 0 Å². The van der Waals surface area contributed by atoms with Gasteiger partial charge in [0.2, 0.25) is 0 Å². The van der Waals surface area contributed by atoms with Gasteiger partial charge in [-0.25, -0.2) is 14.6 Å². The van der Waals surface area contributed by atoms with E-state index in [1.807, 2.05) is 24.5 Å². The van der Waals surface area contributed by atoms with Crippen LogP contribution in [0.5, 0.6) is 5.75 Å². The number of hydrogen-bond donors (Lipinski definition) is 3. The van der Waals surface area contributed by atoms with E-state index in [2.05, 4.69) is 4.98 Å². The van der Waals surface area contributed by atoms with Crippen LogP contribution in [-0.4, -0.2) is 54.4 Å². The fourth-order valence-corrected chi connectivity index (χ4v) is 2.95. The second-order valence-corrected chi connectivity index (χ2v) is 6.85. The number of para-hydroxylation sites is 1. The van der Waals surface area contributed by atoms with Crippen molar-refractivity contribution >= 4 is 12.1 Å². The molecule has 0 aliphatic rings. The van der Waals surface area contributed by atoms with E-state index in [4.69, 9.17) is 0 Å². The number of rotatable bonds is 9. The van der Waals surface area contributed by atoms with Crippen LogP contribution in [0, 0.1) is 5.92 Å². The van der Waals surface area contributed by atoms with Crippen LogP contribution in [0.25, 0.3) is 0 Å². The van der Waals surface area contributed by atoms with E-state index < -0.39 is 18.1 Å². The fourth-order valence-electron chi connectivity index (χ4n) is 2.95. The fraction of sp³-hybridized carbons (Fsp3) is 0.421. The van der Waals surface area contributed by atoms with Crippen LogP contribution in [0.1, 0.15) is 31.5 Å². The lowest BCUT2D eigenvalue weighted by atomic mass is 10.0. The third-order valence-electron chi connectivity index (χ3n) is 4.34. The molecule has 0 saturated carbocycles. The number of benzene rings is 1. The van der Waals surface area contributed by atoms with Crippen LogP contribution in [0.15, 0.2) is 36.8 Å². The van der Waals surface area contributed by atoms with Crippen molar-refractivity contribution in [1.82, 2.24) is 14.5 Å². The Morgan fingerprint density at radius 2 is 1.93 bits per heavy atom. The summed E-state index contributed by atoms with van der Waals surface area (Å²) in [5.74, 6) is -0.916. The van der Waals surface area contributed by atoms with Gasteiger partial charge in [0.15, 0.2) is 0 Å². The van der Waals surface area contributed by atoms with Gasteiger partial charge in [0.05, 0.1) is 12.9 Å². The molecule has 146 valence electrons. The highest BCUT2D eigenvalue weighted by Crippen LogP contribution is 2.18. The summed E-state index contributed by atoms with van der Waals surface area (Å²) in [5.41, 5.74) is 1.48. The monoisotopic (exact) mass is 375 g/mol. The van der Waals surface area contributed by atoms with E-state index in [1.165, 1.54) is 0 Å². The summed E-state index contributed by atoms with van der Waals surface area (Å²) in [6.07, 6.45) is 2.55. The van der Waals surface area contributed by atoms with Gasteiger partial charge < -0.3 is 19.9 Å². The molecule has 0 saturated heterocycles. The Balaban J connectivity index is 2.12. The molecule has 0 radical (unpaired) electrons. The summed E-state index contributed by atoms with van der Waals surface area (Å²) < 4.78 is 1.81. The maximum absolute atomic E-state index is 11.6. The normalized spacial score (nSPS) is 12.1. The Morgan fingerprint density at radius 3 is 2.52 bits per heavy atom. The standard InChI is InChI=1S/C19H25N3O5/c1-13(2)9-16(18(24)25)22(19(26)27)8-7-15-10-20-12-21(15)11-14-5-3-4-6-17(14)23/h3-6,10,12-13,16,23H,7-9,11H2,1-2H3,(H,24,25)(H,26,27). The third-order valence-corrected chi connectivity index (χ3v) is 4.34. The zero-order chi connectivity index (χ0) is 20.0. The molecule has 8 nitrogen and oxygen atoms in total. The first kappa shape index (κ1) is 20.3. The van der Waals surface area contributed by atoms with Crippen LogP contribution < -0.4 is 0 Å². The lowest BCUT2D eigenvalue weighted by molar-refractivity contribution is -0.143. The summed E-state index contributed by atoms with van der Waals surface area (Å²) in [7, 11) is 0. The van der Waals surface area contributed by atoms with Crippen molar-refractivity contribution < 1.29 is 24.9 Å². The van der Waals surface area contributed by atoms with E-state index in [-0.39, 0.29) is 24.6 Å². The Bertz CT molecular complexity index is 787. The summed E-state index contributed by atoms with van der Waals surface area (Å²) in [6.45, 7) is 4.16. The van der Waals surface area contributed by atoms with Gasteiger partial charge in [-0.15, -0.1) is 0 Å². The van der Waals surface area contributed by atoms with Gasteiger partial charge >= 0.3 is 12.1 Å². The maximum atomic E-state index is 11.6. The minimum absolute atomic E-state index is 0.0471. The average molecular weight is 375 g/mol. The number of carboxylic acids is 1. The number of nitrogens with zero attached hydrogens (tertiary/aromatic N) is 3. The Labute approximate surface area is 157 Å². The molecule has 1 heterocycles. The third kappa shape index (κ3) is 5.47. The first-order valence-electron chi connectivity index (χ1n) is 8.77. The predicted molar refractivity (Wildman–Crippen MR) is 98.7 cm³/mol. The van der Waals surface area contributed by atoms with Gasteiger partial charge in [-0.2, -0.15) is 0 Å². The van der Waals surface area contributed by atoms with Crippen LogP contribution in [0.4, 0.5) is 4.79 Å². The smallest absolute Gasteiger partial charge is 0.408 e. The average Bonchev–Trinajstić information content (AvgIpc) is 3.02. The number of imidazole rings is 1. The minimum atomic E-state index is -1.25. The maximum Gasteiger partial charge on any atom is 0.408 e. The number of aromatic hydroxyl groups is 1. The second-order valence-electron chi connectivity index (χ2n) is 6.85. The van der Waals surface area contributed by atoms with Crippen molar-refractivity contribution in [3.8, 4) is 5.75 Å². The molecule has 0 aliphatic carbocycles. The Morgan fingerprint density at radius 1 is 1.22 bits per heavy atom. The molecule has 0 fully saturated rings. The van der Waals surface area contributed by atoms with Crippen LogP contribution >= 0.6 is 0 Å². The molecule has 1 amide bonds. The van der Waals surface area contributed by atoms with Crippen molar-refractivity contribution in [2.45, 2.75) is 39.3 Å². The lowest BCUT2D eigenvalue weighted by Crippen LogP contribution is -2.46. The number of amides is 1. The van der Waals surface area contributed by atoms with Crippen LogP contribution in [0.3, 0.4) is 0 Å². The number of carboxylic acid groups (broad SMARTS) is 2. The topological polar surface area (TPSA) is 116 Å². The summed E-state index contributed by atoms with van der Waals surface area (Å²) in [4.78, 5) is 28.2. The number of aromatic nitrogens is 2. The molecule has 0 aliphatic heterocycles. The van der Waals surface area contributed by atoms with Gasteiger partial charge in [-0.3, -0.25) is 4.90 Å². The van der Waals surface area contributed by atoms with Gasteiger partial charge in [-0.05, 0) is 18.4 Å². The lowest BCUT2D eigenvalue weighted by Gasteiger charge is -2.27.